The molecule has 1 saturated carbocycles. The van der Waals surface area contributed by atoms with Crippen LogP contribution in [0.2, 0.25) is 0 Å². The van der Waals surface area contributed by atoms with Crippen LogP contribution < -0.4 is 5.32 Å². The smallest absolute Gasteiger partial charge is 0.270 e. The Bertz CT molecular complexity index is 413. The number of nitrogens with zero attached hydrogens (tertiary/aromatic N) is 1. The third-order valence-electron chi connectivity index (χ3n) is 3.46. The molecule has 0 aliphatic heterocycles. The van der Waals surface area contributed by atoms with Gasteiger partial charge in [0.15, 0.2) is 0 Å². The van der Waals surface area contributed by atoms with Gasteiger partial charge in [-0.25, -0.2) is 4.98 Å². The zero-order chi connectivity index (χ0) is 13.1. The van der Waals surface area contributed by atoms with E-state index < -0.39 is 0 Å². The van der Waals surface area contributed by atoms with Gasteiger partial charge in [0.1, 0.15) is 11.4 Å². The lowest BCUT2D eigenvalue weighted by atomic mass is 9.76. The summed E-state index contributed by atoms with van der Waals surface area (Å²) in [4.78, 5) is 15.8. The van der Waals surface area contributed by atoms with Crippen molar-refractivity contribution in [1.29, 1.82) is 0 Å². The van der Waals surface area contributed by atoms with Gasteiger partial charge in [0.2, 0.25) is 0 Å². The van der Waals surface area contributed by atoms with Crippen molar-refractivity contribution in [2.75, 3.05) is 0 Å². The van der Waals surface area contributed by atoms with Crippen molar-refractivity contribution in [2.24, 2.45) is 5.92 Å². The minimum Gasteiger partial charge on any atom is -0.506 e. The second-order valence-corrected chi connectivity index (χ2v) is 4.78. The Labute approximate surface area is 106 Å². The second-order valence-electron chi connectivity index (χ2n) is 4.78. The van der Waals surface area contributed by atoms with E-state index in [1.165, 1.54) is 18.3 Å². The summed E-state index contributed by atoms with van der Waals surface area (Å²) in [5.41, 5.74) is 0.297. The number of rotatable bonds is 4. The van der Waals surface area contributed by atoms with Gasteiger partial charge in [0.25, 0.3) is 5.91 Å². The maximum atomic E-state index is 11.9. The summed E-state index contributed by atoms with van der Waals surface area (Å²) >= 11 is 0. The molecule has 1 fully saturated rings. The van der Waals surface area contributed by atoms with Crippen molar-refractivity contribution < 1.29 is 15.0 Å². The van der Waals surface area contributed by atoms with E-state index in [4.69, 9.17) is 5.11 Å². The molecule has 1 aliphatic rings. The van der Waals surface area contributed by atoms with Crippen molar-refractivity contribution >= 4 is 5.91 Å². The number of aromatic hydroxyl groups is 1. The molecule has 0 aromatic carbocycles. The van der Waals surface area contributed by atoms with E-state index in [9.17, 15) is 9.90 Å². The molecule has 0 bridgehead atoms. The first kappa shape index (κ1) is 12.8. The molecule has 18 heavy (non-hydrogen) atoms. The van der Waals surface area contributed by atoms with Crippen LogP contribution in [0, 0.1) is 5.92 Å². The summed E-state index contributed by atoms with van der Waals surface area (Å²) in [5, 5.41) is 21.3. The predicted molar refractivity (Wildman–Crippen MR) is 66.2 cm³/mol. The average molecular weight is 250 g/mol. The van der Waals surface area contributed by atoms with Crippen molar-refractivity contribution in [3.63, 3.8) is 0 Å². The van der Waals surface area contributed by atoms with Crippen molar-refractivity contribution in [2.45, 2.75) is 38.3 Å². The first-order valence-corrected chi connectivity index (χ1v) is 6.24. The topological polar surface area (TPSA) is 82.5 Å². The highest BCUT2D eigenvalue weighted by atomic mass is 16.3. The first-order valence-electron chi connectivity index (χ1n) is 6.24. The highest BCUT2D eigenvalue weighted by Crippen LogP contribution is 2.31. The number of aromatic nitrogens is 1. The van der Waals surface area contributed by atoms with Crippen LogP contribution in [0.5, 0.6) is 5.75 Å². The summed E-state index contributed by atoms with van der Waals surface area (Å²) < 4.78 is 0. The molecule has 0 spiro atoms. The lowest BCUT2D eigenvalue weighted by Crippen LogP contribution is -2.46. The molecule has 1 aromatic heterocycles. The van der Waals surface area contributed by atoms with Crippen LogP contribution in [0.4, 0.5) is 0 Å². The zero-order valence-corrected chi connectivity index (χ0v) is 10.3. The minimum absolute atomic E-state index is 0.0423. The van der Waals surface area contributed by atoms with Crippen LogP contribution >= 0.6 is 0 Å². The fraction of sp³-hybridized carbons (Fsp3) is 0.538. The molecule has 1 aliphatic carbocycles. The zero-order valence-electron chi connectivity index (χ0n) is 10.3. The number of nitrogens with one attached hydrogen (secondary N) is 1. The molecular formula is C13H18N2O3. The van der Waals surface area contributed by atoms with Gasteiger partial charge in [0.05, 0.1) is 12.3 Å². The highest BCUT2D eigenvalue weighted by molar-refractivity contribution is 5.92. The monoisotopic (exact) mass is 250 g/mol. The molecule has 5 nitrogen and oxygen atoms in total. The third-order valence-corrected chi connectivity index (χ3v) is 3.46. The quantitative estimate of drug-likeness (QED) is 0.746. The summed E-state index contributed by atoms with van der Waals surface area (Å²) in [6, 6.07) is 3.01. The molecule has 3 N–H and O–H groups in total. The molecule has 2 rings (SSSR count). The van der Waals surface area contributed by atoms with Gasteiger partial charge >= 0.3 is 0 Å². The lowest BCUT2D eigenvalue weighted by Gasteiger charge is -2.37. The molecular weight excluding hydrogens is 232 g/mol. The van der Waals surface area contributed by atoms with Gasteiger partial charge < -0.3 is 15.5 Å². The molecule has 98 valence electrons. The number of carbonyl (C=O) groups is 1. The number of pyridine rings is 1. The summed E-state index contributed by atoms with van der Waals surface area (Å²) in [7, 11) is 0. The van der Waals surface area contributed by atoms with E-state index >= 15 is 0 Å². The fourth-order valence-electron chi connectivity index (χ4n) is 2.27. The molecule has 1 amide bonds. The van der Waals surface area contributed by atoms with Crippen LogP contribution in [0.3, 0.4) is 0 Å². The summed E-state index contributed by atoms with van der Waals surface area (Å²) in [6.45, 7) is 2.01. The van der Waals surface area contributed by atoms with Gasteiger partial charge in [-0.1, -0.05) is 6.92 Å². The van der Waals surface area contributed by atoms with E-state index in [-0.39, 0.29) is 23.8 Å². The van der Waals surface area contributed by atoms with E-state index in [0.29, 0.717) is 11.6 Å². The maximum absolute atomic E-state index is 11.9. The molecule has 1 unspecified atom stereocenters. The average Bonchev–Trinajstić information content (AvgIpc) is 2.33. The standard InChI is InChI=1S/C13H18N2O3/c1-2-11(8-5-10(17)6-8)15-13(18)12-4-3-9(16)7-14-12/h3-4,7-8,10-11,16-17H,2,5-6H2,1H3,(H,15,18). The van der Waals surface area contributed by atoms with Gasteiger partial charge in [0, 0.05) is 6.04 Å². The Morgan fingerprint density at radius 2 is 2.28 bits per heavy atom. The predicted octanol–water partition coefficient (Wildman–Crippen LogP) is 1.07. The number of hydrogen-bond acceptors (Lipinski definition) is 4. The van der Waals surface area contributed by atoms with Crippen molar-refractivity contribution in [1.82, 2.24) is 10.3 Å². The molecule has 1 atom stereocenters. The highest BCUT2D eigenvalue weighted by Gasteiger charge is 2.33. The lowest BCUT2D eigenvalue weighted by molar-refractivity contribution is 0.0232. The second kappa shape index (κ2) is 5.35. The van der Waals surface area contributed by atoms with Crippen LogP contribution in [-0.4, -0.2) is 33.3 Å². The largest absolute Gasteiger partial charge is 0.506 e. The molecule has 1 heterocycles. The molecule has 5 heteroatoms. The van der Waals surface area contributed by atoms with Gasteiger partial charge in [-0.05, 0) is 37.3 Å². The van der Waals surface area contributed by atoms with E-state index in [1.807, 2.05) is 6.92 Å². The molecule has 0 radical (unpaired) electrons. The van der Waals surface area contributed by atoms with Gasteiger partial charge in [-0.3, -0.25) is 4.79 Å². The van der Waals surface area contributed by atoms with Crippen LogP contribution in [0.15, 0.2) is 18.3 Å². The summed E-state index contributed by atoms with van der Waals surface area (Å²) in [5.74, 6) is 0.162. The normalized spacial score (nSPS) is 24.1. The minimum atomic E-state index is -0.233. The summed E-state index contributed by atoms with van der Waals surface area (Å²) in [6.07, 6.45) is 3.38. The van der Waals surface area contributed by atoms with E-state index in [2.05, 4.69) is 10.3 Å². The van der Waals surface area contributed by atoms with Crippen molar-refractivity contribution in [3.8, 4) is 5.75 Å². The van der Waals surface area contributed by atoms with Crippen LogP contribution in [0.1, 0.15) is 36.7 Å². The van der Waals surface area contributed by atoms with Gasteiger partial charge in [-0.15, -0.1) is 0 Å². The van der Waals surface area contributed by atoms with E-state index in [0.717, 1.165) is 19.3 Å². The third kappa shape index (κ3) is 2.79. The Hall–Kier alpha value is -1.62. The Balaban J connectivity index is 1.95. The number of amides is 1. The fourth-order valence-corrected chi connectivity index (χ4v) is 2.27. The number of aliphatic hydroxyl groups is 1. The Morgan fingerprint density at radius 1 is 1.56 bits per heavy atom. The van der Waals surface area contributed by atoms with Crippen molar-refractivity contribution in [3.05, 3.63) is 24.0 Å². The van der Waals surface area contributed by atoms with Crippen LogP contribution in [-0.2, 0) is 0 Å². The number of hydrogen-bond donors (Lipinski definition) is 3. The van der Waals surface area contributed by atoms with E-state index in [1.54, 1.807) is 0 Å². The number of carbonyl (C=O) groups excluding carboxylic acids is 1. The molecule has 0 saturated heterocycles. The Morgan fingerprint density at radius 3 is 2.78 bits per heavy atom. The van der Waals surface area contributed by atoms with Crippen LogP contribution in [0.25, 0.3) is 0 Å². The maximum Gasteiger partial charge on any atom is 0.270 e. The number of aliphatic hydroxyl groups excluding tert-OH is 1. The Kier molecular flexibility index (Phi) is 3.81. The SMILES string of the molecule is CCC(NC(=O)c1ccc(O)cn1)C1CC(O)C1. The molecule has 1 aromatic rings. The van der Waals surface area contributed by atoms with Gasteiger partial charge in [-0.2, -0.15) is 0 Å². The first-order chi connectivity index (χ1) is 8.60.